The zero-order valence-corrected chi connectivity index (χ0v) is 13.7. The fourth-order valence-electron chi connectivity index (χ4n) is 2.62. The molecule has 1 saturated carbocycles. The van der Waals surface area contributed by atoms with Gasteiger partial charge in [0.2, 0.25) is 0 Å². The summed E-state index contributed by atoms with van der Waals surface area (Å²) in [6.07, 6.45) is 4.49. The Morgan fingerprint density at radius 3 is 2.80 bits per heavy atom. The van der Waals surface area contributed by atoms with Crippen molar-refractivity contribution in [3.63, 3.8) is 0 Å². The summed E-state index contributed by atoms with van der Waals surface area (Å²) in [5.74, 6) is 0. The molecule has 0 aliphatic heterocycles. The second-order valence-electron chi connectivity index (χ2n) is 5.26. The fourth-order valence-corrected chi connectivity index (χ4v) is 4.16. The van der Waals surface area contributed by atoms with E-state index in [1.54, 1.807) is 6.07 Å². The van der Waals surface area contributed by atoms with Gasteiger partial charge in [-0.15, -0.1) is 0 Å². The van der Waals surface area contributed by atoms with Crippen molar-refractivity contribution in [3.05, 3.63) is 28.2 Å². The molecule has 0 aromatic heterocycles. The number of sulfone groups is 1. The number of halogens is 1. The highest BCUT2D eigenvalue weighted by molar-refractivity contribution is 9.10. The number of nitrogens with zero attached hydrogens (tertiary/aromatic N) is 1. The minimum atomic E-state index is -2.99. The molecule has 0 saturated heterocycles. The highest BCUT2D eigenvalue weighted by atomic mass is 79.9. The summed E-state index contributed by atoms with van der Waals surface area (Å²) in [6, 6.07) is 7.76. The van der Waals surface area contributed by atoms with Crippen molar-refractivity contribution < 1.29 is 8.42 Å². The molecule has 2 unspecified atom stereocenters. The van der Waals surface area contributed by atoms with Gasteiger partial charge in [0.25, 0.3) is 0 Å². The molecule has 0 radical (unpaired) electrons. The molecule has 2 atom stereocenters. The Morgan fingerprint density at radius 2 is 2.15 bits per heavy atom. The smallest absolute Gasteiger partial charge is 0.150 e. The van der Waals surface area contributed by atoms with Gasteiger partial charge < -0.3 is 5.32 Å². The first-order valence-corrected chi connectivity index (χ1v) is 9.30. The largest absolute Gasteiger partial charge is 0.381 e. The van der Waals surface area contributed by atoms with Gasteiger partial charge in [0, 0.05) is 16.8 Å². The minimum absolute atomic E-state index is 0.108. The topological polar surface area (TPSA) is 70.0 Å². The van der Waals surface area contributed by atoms with Crippen LogP contribution in [-0.2, 0) is 9.84 Å². The van der Waals surface area contributed by atoms with E-state index in [1.165, 1.54) is 6.26 Å². The predicted molar refractivity (Wildman–Crippen MR) is 83.4 cm³/mol. The second-order valence-corrected chi connectivity index (χ2v) is 8.50. The van der Waals surface area contributed by atoms with E-state index < -0.39 is 9.84 Å². The monoisotopic (exact) mass is 356 g/mol. The maximum Gasteiger partial charge on any atom is 0.150 e. The average Bonchev–Trinajstić information content (AvgIpc) is 2.40. The van der Waals surface area contributed by atoms with Crippen LogP contribution < -0.4 is 5.32 Å². The van der Waals surface area contributed by atoms with Crippen molar-refractivity contribution in [1.29, 1.82) is 5.26 Å². The van der Waals surface area contributed by atoms with Crippen molar-refractivity contribution in [1.82, 2.24) is 0 Å². The van der Waals surface area contributed by atoms with Crippen LogP contribution in [0.2, 0.25) is 0 Å². The molecule has 1 aliphatic rings. The second kappa shape index (κ2) is 6.15. The Kier molecular flexibility index (Phi) is 4.71. The first kappa shape index (κ1) is 15.3. The van der Waals surface area contributed by atoms with Crippen LogP contribution in [0.5, 0.6) is 0 Å². The number of nitrogens with one attached hydrogen (secondary N) is 1. The molecule has 0 heterocycles. The molecule has 2 rings (SSSR count). The lowest BCUT2D eigenvalue weighted by molar-refractivity contribution is 0.453. The van der Waals surface area contributed by atoms with Gasteiger partial charge in [-0.2, -0.15) is 5.26 Å². The van der Waals surface area contributed by atoms with E-state index in [4.69, 9.17) is 5.26 Å². The van der Waals surface area contributed by atoms with Gasteiger partial charge in [-0.25, -0.2) is 8.42 Å². The lowest BCUT2D eigenvalue weighted by atomic mass is 9.94. The van der Waals surface area contributed by atoms with E-state index in [0.29, 0.717) is 12.0 Å². The van der Waals surface area contributed by atoms with Crippen LogP contribution in [0.15, 0.2) is 22.7 Å². The first-order valence-electron chi connectivity index (χ1n) is 6.55. The van der Waals surface area contributed by atoms with E-state index in [2.05, 4.69) is 27.3 Å². The van der Waals surface area contributed by atoms with Crippen molar-refractivity contribution >= 4 is 31.5 Å². The number of benzene rings is 1. The van der Waals surface area contributed by atoms with Crippen LogP contribution in [0, 0.1) is 11.3 Å². The van der Waals surface area contributed by atoms with Crippen molar-refractivity contribution in [2.45, 2.75) is 37.0 Å². The fraction of sp³-hybridized carbons (Fsp3) is 0.500. The Labute approximate surface area is 128 Å². The van der Waals surface area contributed by atoms with Gasteiger partial charge >= 0.3 is 0 Å². The molecule has 4 nitrogen and oxygen atoms in total. The Hall–Kier alpha value is -1.06. The van der Waals surface area contributed by atoms with Crippen LogP contribution in [0.25, 0.3) is 0 Å². The van der Waals surface area contributed by atoms with Gasteiger partial charge in [0.15, 0.2) is 0 Å². The van der Waals surface area contributed by atoms with Crippen LogP contribution in [0.4, 0.5) is 5.69 Å². The number of nitriles is 1. The lowest BCUT2D eigenvalue weighted by Gasteiger charge is -2.29. The highest BCUT2D eigenvalue weighted by Gasteiger charge is 2.29. The van der Waals surface area contributed by atoms with E-state index in [0.717, 1.165) is 29.4 Å². The van der Waals surface area contributed by atoms with Gasteiger partial charge in [-0.3, -0.25) is 0 Å². The summed E-state index contributed by atoms with van der Waals surface area (Å²) in [5, 5.41) is 12.2. The quantitative estimate of drug-likeness (QED) is 0.903. The Balaban J connectivity index is 2.13. The molecule has 0 bridgehead atoms. The van der Waals surface area contributed by atoms with Crippen molar-refractivity contribution in [2.24, 2.45) is 0 Å². The van der Waals surface area contributed by atoms with Gasteiger partial charge in [-0.05, 0) is 37.5 Å². The molecule has 1 aromatic carbocycles. The third-order valence-corrected chi connectivity index (χ3v) is 5.83. The molecule has 1 aliphatic carbocycles. The number of rotatable bonds is 3. The molecule has 108 valence electrons. The summed E-state index contributed by atoms with van der Waals surface area (Å²) < 4.78 is 24.2. The van der Waals surface area contributed by atoms with Crippen LogP contribution in [0.1, 0.15) is 31.2 Å². The van der Waals surface area contributed by atoms with E-state index in [-0.39, 0.29) is 11.3 Å². The molecule has 20 heavy (non-hydrogen) atoms. The third-order valence-electron chi connectivity index (χ3n) is 3.69. The zero-order valence-electron chi connectivity index (χ0n) is 11.3. The van der Waals surface area contributed by atoms with Crippen LogP contribution >= 0.6 is 15.9 Å². The molecule has 0 amide bonds. The SMILES string of the molecule is CS(=O)(=O)C1CCCC(Nc2ccc(Br)cc2C#N)C1. The average molecular weight is 357 g/mol. The normalized spacial score (nSPS) is 23.1. The summed E-state index contributed by atoms with van der Waals surface area (Å²) in [4.78, 5) is 0. The molecule has 0 spiro atoms. The number of hydrogen-bond donors (Lipinski definition) is 1. The Morgan fingerprint density at radius 1 is 1.40 bits per heavy atom. The van der Waals surface area contributed by atoms with Crippen LogP contribution in [0.3, 0.4) is 0 Å². The molecule has 1 aromatic rings. The van der Waals surface area contributed by atoms with E-state index in [1.807, 2.05) is 12.1 Å². The molecule has 1 N–H and O–H groups in total. The van der Waals surface area contributed by atoms with E-state index in [9.17, 15) is 8.42 Å². The number of anilines is 1. The summed E-state index contributed by atoms with van der Waals surface area (Å²) in [7, 11) is -2.99. The van der Waals surface area contributed by atoms with E-state index >= 15 is 0 Å². The Bertz CT molecular complexity index is 637. The standard InChI is InChI=1S/C14H17BrN2O2S/c1-20(18,19)13-4-2-3-12(8-13)17-14-6-5-11(15)7-10(14)9-16/h5-7,12-13,17H,2-4,8H2,1H3. The van der Waals surface area contributed by atoms with Gasteiger partial charge in [0.1, 0.15) is 15.9 Å². The highest BCUT2D eigenvalue weighted by Crippen LogP contribution is 2.28. The predicted octanol–water partition coefficient (Wildman–Crippen LogP) is 3.09. The lowest BCUT2D eigenvalue weighted by Crippen LogP contribution is -2.34. The maximum atomic E-state index is 11.7. The molecule has 1 fully saturated rings. The number of hydrogen-bond acceptors (Lipinski definition) is 4. The van der Waals surface area contributed by atoms with Gasteiger partial charge in [0.05, 0.1) is 16.5 Å². The maximum absolute atomic E-state index is 11.7. The molecular formula is C14H17BrN2O2S. The minimum Gasteiger partial charge on any atom is -0.381 e. The molecular weight excluding hydrogens is 340 g/mol. The summed E-state index contributed by atoms with van der Waals surface area (Å²) >= 11 is 3.34. The molecule has 6 heteroatoms. The zero-order chi connectivity index (χ0) is 14.8. The van der Waals surface area contributed by atoms with Crippen molar-refractivity contribution in [2.75, 3.05) is 11.6 Å². The summed E-state index contributed by atoms with van der Waals surface area (Å²) in [6.45, 7) is 0. The van der Waals surface area contributed by atoms with Crippen LogP contribution in [-0.4, -0.2) is 26.0 Å². The summed E-state index contributed by atoms with van der Waals surface area (Å²) in [5.41, 5.74) is 1.34. The third kappa shape index (κ3) is 3.74. The van der Waals surface area contributed by atoms with Gasteiger partial charge in [-0.1, -0.05) is 22.4 Å². The first-order chi connectivity index (χ1) is 9.40. The van der Waals surface area contributed by atoms with Crippen molar-refractivity contribution in [3.8, 4) is 6.07 Å².